The largest absolute Gasteiger partial charge is 0.497 e. The minimum absolute atomic E-state index is 0.0249. The summed E-state index contributed by atoms with van der Waals surface area (Å²) in [7, 11) is 1.30. The number of nitriles is 1. The molecule has 1 aliphatic heterocycles. The number of carbonyl (C=O) groups excluding carboxylic acids is 1. The summed E-state index contributed by atoms with van der Waals surface area (Å²) in [6.45, 7) is 12.2. The lowest BCUT2D eigenvalue weighted by molar-refractivity contribution is -0.133. The summed E-state index contributed by atoms with van der Waals surface area (Å²) in [6, 6.07) is 28.5. The molecule has 2 N–H and O–H groups in total. The molecular weight excluding hydrogens is 958 g/mol. The molecule has 0 aliphatic carbocycles. The minimum Gasteiger partial charge on any atom is -0.497 e. The van der Waals surface area contributed by atoms with Gasteiger partial charge in [-0.25, -0.2) is 9.46 Å². The second-order valence-electron chi connectivity index (χ2n) is 19.7. The van der Waals surface area contributed by atoms with Gasteiger partial charge in [0.2, 0.25) is 5.91 Å². The first-order valence-electron chi connectivity index (χ1n) is 27.0. The molecule has 3 aromatic carbocycles. The number of amides is 1. The number of benzene rings is 3. The van der Waals surface area contributed by atoms with Crippen LogP contribution >= 0.6 is 8.53 Å². The van der Waals surface area contributed by atoms with Crippen LogP contribution in [0.5, 0.6) is 11.5 Å². The van der Waals surface area contributed by atoms with Crippen molar-refractivity contribution in [1.82, 2.24) is 19.5 Å². The average Bonchev–Trinajstić information content (AvgIpc) is 3.73. The molecule has 0 saturated carbocycles. The van der Waals surface area contributed by atoms with Gasteiger partial charge in [0.05, 0.1) is 39.9 Å². The zero-order valence-corrected chi connectivity index (χ0v) is 46.2. The molecule has 16 heteroatoms. The lowest BCUT2D eigenvalue weighted by Gasteiger charge is -2.39. The normalized spacial score (nSPS) is 17.3. The van der Waals surface area contributed by atoms with E-state index < -0.39 is 49.9 Å². The Morgan fingerprint density at radius 3 is 1.82 bits per heavy atom. The van der Waals surface area contributed by atoms with Gasteiger partial charge in [0.1, 0.15) is 42.0 Å². The van der Waals surface area contributed by atoms with Gasteiger partial charge in [-0.05, 0) is 81.5 Å². The van der Waals surface area contributed by atoms with E-state index in [1.165, 1.54) is 68.2 Å². The summed E-state index contributed by atoms with van der Waals surface area (Å²) >= 11 is 0. The van der Waals surface area contributed by atoms with Crippen LogP contribution in [-0.4, -0.2) is 90.6 Å². The number of aromatic amines is 1. The molecule has 2 heterocycles. The third kappa shape index (κ3) is 17.3. The molecule has 0 spiro atoms. The molecule has 1 aliphatic rings. The fourth-order valence-corrected chi connectivity index (χ4v) is 11.5. The van der Waals surface area contributed by atoms with Crippen molar-refractivity contribution in [3.63, 3.8) is 0 Å². The molecule has 5 rings (SSSR count). The summed E-state index contributed by atoms with van der Waals surface area (Å²) in [5, 5.41) is 12.9. The Morgan fingerprint density at radius 2 is 1.31 bits per heavy atom. The number of hydrogen-bond acceptors (Lipinski definition) is 12. The van der Waals surface area contributed by atoms with Crippen LogP contribution in [0.15, 0.2) is 101 Å². The van der Waals surface area contributed by atoms with Gasteiger partial charge in [-0.1, -0.05) is 145 Å². The molecule has 406 valence electrons. The first-order chi connectivity index (χ1) is 35.9. The van der Waals surface area contributed by atoms with E-state index in [1.54, 1.807) is 14.2 Å². The Kier molecular flexibility index (Phi) is 25.8. The third-order valence-corrected chi connectivity index (χ3v) is 15.6. The molecule has 1 fully saturated rings. The summed E-state index contributed by atoms with van der Waals surface area (Å²) in [4.78, 5) is 43.0. The second kappa shape index (κ2) is 31.9. The van der Waals surface area contributed by atoms with Gasteiger partial charge < -0.3 is 38.0 Å². The predicted molar refractivity (Wildman–Crippen MR) is 291 cm³/mol. The number of carbonyl (C=O) groups is 1. The van der Waals surface area contributed by atoms with Crippen LogP contribution in [0.2, 0.25) is 0 Å². The van der Waals surface area contributed by atoms with Gasteiger partial charge in [-0.3, -0.25) is 19.1 Å². The number of methoxy groups -OCH3 is 2. The first kappa shape index (κ1) is 60.0. The van der Waals surface area contributed by atoms with Crippen molar-refractivity contribution in [2.45, 2.75) is 186 Å². The Morgan fingerprint density at radius 1 is 0.770 bits per heavy atom. The van der Waals surface area contributed by atoms with Crippen molar-refractivity contribution in [1.29, 1.82) is 5.26 Å². The van der Waals surface area contributed by atoms with Gasteiger partial charge in [0.15, 0.2) is 6.23 Å². The standard InChI is InChI=1S/C58H84N5O10P/c1-9-11-13-15-17-22-27-48(28-23-18-16-14-12-10-2)60-53(65)42-69-55-54(73-74(71-40-24-38-59)63(43(3)4)44(5)6)51(72-56(55)62-39-37-52(64)61-57(62)66)41-70-58(45-25-20-19-21-26-45,46-29-33-49(67-7)34-30-46)47-31-35-50(68-8)36-32-47/h19-21,25-26,29-37,39,43-44,48,51,54-56H,9-18,22-24,27-28,40-42H2,1-8H3,(H,60,65)(H,61,64,66)/t51-,54?,55?,56-,74?/m1/s1. The minimum atomic E-state index is -1.93. The van der Waals surface area contributed by atoms with E-state index in [0.29, 0.717) is 11.5 Å². The van der Waals surface area contributed by atoms with E-state index in [0.717, 1.165) is 55.2 Å². The molecule has 74 heavy (non-hydrogen) atoms. The van der Waals surface area contributed by atoms with Crippen molar-refractivity contribution in [3.05, 3.63) is 129 Å². The molecule has 0 bridgehead atoms. The Hall–Kier alpha value is -4.91. The van der Waals surface area contributed by atoms with Crippen LogP contribution in [0, 0.1) is 11.3 Å². The average molecular weight is 1040 g/mol. The summed E-state index contributed by atoms with van der Waals surface area (Å²) in [6.07, 6.45) is 12.8. The maximum Gasteiger partial charge on any atom is 0.330 e. The molecule has 0 radical (unpaired) electrons. The van der Waals surface area contributed by atoms with Gasteiger partial charge in [-0.15, -0.1) is 0 Å². The number of hydrogen-bond donors (Lipinski definition) is 2. The van der Waals surface area contributed by atoms with E-state index in [1.807, 2.05) is 107 Å². The number of unbranched alkanes of at least 4 members (excludes halogenated alkanes) is 10. The Labute approximate surface area is 441 Å². The summed E-state index contributed by atoms with van der Waals surface area (Å²) in [5.41, 5.74) is -0.199. The second-order valence-corrected chi connectivity index (χ2v) is 21.1. The lowest BCUT2D eigenvalue weighted by atomic mass is 9.80. The van der Waals surface area contributed by atoms with Crippen LogP contribution in [0.25, 0.3) is 0 Å². The number of ether oxygens (including phenoxy) is 5. The molecule has 3 unspecified atom stereocenters. The highest BCUT2D eigenvalue weighted by molar-refractivity contribution is 7.44. The SMILES string of the molecule is CCCCCCCCC(CCCCCCCC)NC(=O)COC1C(OP(OCCC#N)N(C(C)C)C(C)C)[C@@H](COC(c2ccccc2)(c2ccc(OC)cc2)c2ccc(OC)cc2)O[C@H]1n1ccc(=O)[nH]c1=O. The number of nitrogens with one attached hydrogen (secondary N) is 2. The van der Waals surface area contributed by atoms with E-state index in [2.05, 4.69) is 34.9 Å². The zero-order valence-electron chi connectivity index (χ0n) is 45.3. The van der Waals surface area contributed by atoms with Crippen molar-refractivity contribution in [2.24, 2.45) is 0 Å². The zero-order chi connectivity index (χ0) is 53.3. The highest BCUT2D eigenvalue weighted by Crippen LogP contribution is 2.51. The van der Waals surface area contributed by atoms with E-state index in [9.17, 15) is 19.6 Å². The summed E-state index contributed by atoms with van der Waals surface area (Å²) in [5.74, 6) is 1.03. The Balaban J connectivity index is 1.59. The van der Waals surface area contributed by atoms with Crippen LogP contribution in [0.1, 0.15) is 161 Å². The third-order valence-electron chi connectivity index (χ3n) is 13.5. The molecular formula is C58H84N5O10P. The number of H-pyrrole nitrogens is 1. The van der Waals surface area contributed by atoms with Gasteiger partial charge in [0.25, 0.3) is 14.1 Å². The fraction of sp³-hybridized carbons (Fsp3) is 0.586. The van der Waals surface area contributed by atoms with Gasteiger partial charge in [-0.2, -0.15) is 5.26 Å². The van der Waals surface area contributed by atoms with Crippen molar-refractivity contribution in [3.8, 4) is 17.6 Å². The lowest BCUT2D eigenvalue weighted by Crippen LogP contribution is -2.45. The molecule has 1 aromatic heterocycles. The van der Waals surface area contributed by atoms with Crippen LogP contribution in [0.4, 0.5) is 0 Å². The van der Waals surface area contributed by atoms with Gasteiger partial charge in [0, 0.05) is 30.4 Å². The monoisotopic (exact) mass is 1040 g/mol. The molecule has 1 amide bonds. The highest BCUT2D eigenvalue weighted by Gasteiger charge is 2.52. The fourth-order valence-electron chi connectivity index (χ4n) is 9.75. The molecule has 5 atom stereocenters. The maximum atomic E-state index is 14.3. The smallest absolute Gasteiger partial charge is 0.330 e. The Bertz CT molecular complexity index is 2300. The first-order valence-corrected chi connectivity index (χ1v) is 28.1. The molecule has 4 aromatic rings. The highest BCUT2D eigenvalue weighted by atomic mass is 31.2. The van der Waals surface area contributed by atoms with E-state index >= 15 is 0 Å². The van der Waals surface area contributed by atoms with Crippen molar-refractivity contribution < 1.29 is 37.5 Å². The van der Waals surface area contributed by atoms with E-state index in [-0.39, 0.29) is 50.3 Å². The molecule has 15 nitrogen and oxygen atoms in total. The number of rotatable bonds is 35. The quantitative estimate of drug-likeness (QED) is 0.0254. The number of nitrogens with zero attached hydrogens (tertiary/aromatic N) is 3. The van der Waals surface area contributed by atoms with Crippen molar-refractivity contribution >= 4 is 14.4 Å². The topological polar surface area (TPSA) is 176 Å². The van der Waals surface area contributed by atoms with Crippen LogP contribution in [-0.2, 0) is 33.7 Å². The van der Waals surface area contributed by atoms with Gasteiger partial charge >= 0.3 is 5.69 Å². The van der Waals surface area contributed by atoms with Crippen LogP contribution in [0.3, 0.4) is 0 Å². The summed E-state index contributed by atoms with van der Waals surface area (Å²) < 4.78 is 49.4. The molecule has 1 saturated heterocycles. The van der Waals surface area contributed by atoms with Crippen molar-refractivity contribution in [2.75, 3.05) is 34.0 Å². The predicted octanol–water partition coefficient (Wildman–Crippen LogP) is 11.5. The number of aromatic nitrogens is 2. The van der Waals surface area contributed by atoms with E-state index in [4.69, 9.17) is 32.7 Å². The maximum absolute atomic E-state index is 14.3. The van der Waals surface area contributed by atoms with Crippen LogP contribution < -0.4 is 26.0 Å².